The van der Waals surface area contributed by atoms with Gasteiger partial charge in [0.1, 0.15) is 11.6 Å². The Balaban J connectivity index is 2.63. The number of hydrogen-bond acceptors (Lipinski definition) is 5. The number of carboxylic acids is 1. The van der Waals surface area contributed by atoms with Crippen LogP contribution in [0.5, 0.6) is 0 Å². The summed E-state index contributed by atoms with van der Waals surface area (Å²) in [6.45, 7) is 3.72. The number of aromatic nitrogens is 1. The Kier molecular flexibility index (Phi) is 5.44. The van der Waals surface area contributed by atoms with E-state index in [-0.39, 0.29) is 30.8 Å². The Morgan fingerprint density at radius 2 is 2.16 bits per heavy atom. The van der Waals surface area contributed by atoms with Crippen LogP contribution in [-0.4, -0.2) is 40.5 Å². The van der Waals surface area contributed by atoms with E-state index in [1.807, 2.05) is 13.8 Å². The average Bonchev–Trinajstić information content (AvgIpc) is 2.75. The highest BCUT2D eigenvalue weighted by Crippen LogP contribution is 2.22. The highest BCUT2D eigenvalue weighted by Gasteiger charge is 2.17. The molecule has 1 rings (SSSR count). The molecule has 0 aliphatic heterocycles. The fourth-order valence-corrected chi connectivity index (χ4v) is 2.42. The zero-order valence-electron chi connectivity index (χ0n) is 11.3. The van der Waals surface area contributed by atoms with Gasteiger partial charge in [-0.3, -0.25) is 9.59 Å². The summed E-state index contributed by atoms with van der Waals surface area (Å²) in [7, 11) is 1.46. The van der Waals surface area contributed by atoms with Gasteiger partial charge in [-0.1, -0.05) is 13.8 Å². The lowest BCUT2D eigenvalue weighted by Crippen LogP contribution is -2.33. The Bertz CT molecular complexity index is 459. The van der Waals surface area contributed by atoms with Crippen molar-refractivity contribution >= 4 is 23.2 Å². The molecule has 1 amide bonds. The first-order valence-corrected chi connectivity index (χ1v) is 6.84. The summed E-state index contributed by atoms with van der Waals surface area (Å²) in [5.74, 6) is -1.02. The van der Waals surface area contributed by atoms with Crippen LogP contribution in [0.3, 0.4) is 0 Å². The van der Waals surface area contributed by atoms with Crippen LogP contribution in [0.4, 0.5) is 0 Å². The number of nitrogens with zero attached hydrogens (tertiary/aromatic N) is 2. The standard InChI is InChI=1S/C12H19N3O3S/c1-7(2)11(13)12-14-8(6-19-12)4-9(16)15(3)5-10(17)18/h6-7,11H,4-5,13H2,1-3H3,(H,17,18). The summed E-state index contributed by atoms with van der Waals surface area (Å²) in [5.41, 5.74) is 6.62. The second-order valence-corrected chi connectivity index (χ2v) is 5.66. The van der Waals surface area contributed by atoms with Gasteiger partial charge in [-0.15, -0.1) is 11.3 Å². The second-order valence-electron chi connectivity index (χ2n) is 4.77. The number of nitrogens with two attached hydrogens (primary N) is 1. The monoisotopic (exact) mass is 285 g/mol. The molecule has 3 N–H and O–H groups in total. The normalized spacial score (nSPS) is 12.5. The number of carbonyl (C=O) groups excluding carboxylic acids is 1. The first-order valence-electron chi connectivity index (χ1n) is 5.97. The van der Waals surface area contributed by atoms with Crippen molar-refractivity contribution < 1.29 is 14.7 Å². The Hall–Kier alpha value is -1.47. The van der Waals surface area contributed by atoms with Crippen molar-refractivity contribution in [2.75, 3.05) is 13.6 Å². The molecule has 0 aromatic carbocycles. The number of aliphatic carboxylic acids is 1. The lowest BCUT2D eigenvalue weighted by molar-refractivity contribution is -0.143. The van der Waals surface area contributed by atoms with Gasteiger partial charge < -0.3 is 15.7 Å². The molecule has 0 radical (unpaired) electrons. The van der Waals surface area contributed by atoms with Gasteiger partial charge in [0.2, 0.25) is 5.91 Å². The number of carbonyl (C=O) groups is 2. The maximum absolute atomic E-state index is 11.8. The molecule has 6 nitrogen and oxygen atoms in total. The Labute approximate surface area is 116 Å². The fourth-order valence-electron chi connectivity index (χ4n) is 1.42. The average molecular weight is 285 g/mol. The molecule has 7 heteroatoms. The molecule has 1 aromatic rings. The van der Waals surface area contributed by atoms with Gasteiger partial charge in [-0.25, -0.2) is 4.98 Å². The molecule has 0 fully saturated rings. The van der Waals surface area contributed by atoms with Gasteiger partial charge in [0.25, 0.3) is 0 Å². The number of rotatable bonds is 6. The summed E-state index contributed by atoms with van der Waals surface area (Å²) in [6.07, 6.45) is 0.102. The van der Waals surface area contributed by atoms with Crippen LogP contribution >= 0.6 is 11.3 Å². The fraction of sp³-hybridized carbons (Fsp3) is 0.583. The molecule has 0 saturated heterocycles. The number of likely N-dealkylation sites (N-methyl/N-ethyl adjacent to an activating group) is 1. The lowest BCUT2D eigenvalue weighted by Gasteiger charge is -2.13. The van der Waals surface area contributed by atoms with Gasteiger partial charge in [0, 0.05) is 12.4 Å². The first kappa shape index (κ1) is 15.6. The predicted molar refractivity (Wildman–Crippen MR) is 72.9 cm³/mol. The zero-order valence-corrected chi connectivity index (χ0v) is 12.1. The second kappa shape index (κ2) is 6.63. The summed E-state index contributed by atoms with van der Waals surface area (Å²) in [6, 6.07) is -0.134. The minimum atomic E-state index is -1.03. The van der Waals surface area contributed by atoms with Crippen molar-refractivity contribution in [3.8, 4) is 0 Å². The molecule has 0 spiro atoms. The third-order valence-electron chi connectivity index (χ3n) is 2.70. The van der Waals surface area contributed by atoms with E-state index in [9.17, 15) is 9.59 Å². The van der Waals surface area contributed by atoms with Crippen LogP contribution in [0.1, 0.15) is 30.6 Å². The number of carboxylic acid groups (broad SMARTS) is 1. The van der Waals surface area contributed by atoms with E-state index in [4.69, 9.17) is 10.8 Å². The molecule has 0 aliphatic rings. The van der Waals surface area contributed by atoms with Crippen molar-refractivity contribution in [1.82, 2.24) is 9.88 Å². The summed E-state index contributed by atoms with van der Waals surface area (Å²) in [4.78, 5) is 27.8. The number of thiazole rings is 1. The largest absolute Gasteiger partial charge is 0.480 e. The minimum absolute atomic E-state index is 0.102. The van der Waals surface area contributed by atoms with Gasteiger partial charge in [-0.05, 0) is 5.92 Å². The van der Waals surface area contributed by atoms with Crippen molar-refractivity contribution in [2.45, 2.75) is 26.3 Å². The van der Waals surface area contributed by atoms with E-state index >= 15 is 0 Å². The molecule has 1 aromatic heterocycles. The van der Waals surface area contributed by atoms with Crippen LogP contribution in [0, 0.1) is 5.92 Å². The molecular weight excluding hydrogens is 266 g/mol. The van der Waals surface area contributed by atoms with E-state index in [0.29, 0.717) is 5.69 Å². The van der Waals surface area contributed by atoms with Gasteiger partial charge in [0.05, 0.1) is 18.2 Å². The molecule has 106 valence electrons. The third-order valence-corrected chi connectivity index (χ3v) is 3.70. The summed E-state index contributed by atoms with van der Waals surface area (Å²) < 4.78 is 0. The van der Waals surface area contributed by atoms with Crippen LogP contribution in [0.25, 0.3) is 0 Å². The molecule has 1 atom stereocenters. The van der Waals surface area contributed by atoms with Gasteiger partial charge >= 0.3 is 5.97 Å². The molecular formula is C12H19N3O3S. The predicted octanol–water partition coefficient (Wildman–Crippen LogP) is 0.884. The molecule has 0 bridgehead atoms. The van der Waals surface area contributed by atoms with Crippen molar-refractivity contribution in [3.63, 3.8) is 0 Å². The van der Waals surface area contributed by atoms with Crippen molar-refractivity contribution in [3.05, 3.63) is 16.1 Å². The SMILES string of the molecule is CC(C)C(N)c1nc(CC(=O)N(C)CC(=O)O)cs1. The highest BCUT2D eigenvalue weighted by atomic mass is 32.1. The zero-order chi connectivity index (χ0) is 14.6. The van der Waals surface area contributed by atoms with Gasteiger partial charge in [0.15, 0.2) is 0 Å². The molecule has 0 aliphatic carbocycles. The van der Waals surface area contributed by atoms with Crippen LogP contribution in [-0.2, 0) is 16.0 Å². The lowest BCUT2D eigenvalue weighted by atomic mass is 10.1. The Morgan fingerprint density at radius 1 is 1.53 bits per heavy atom. The van der Waals surface area contributed by atoms with Crippen LogP contribution < -0.4 is 5.73 Å². The summed E-state index contributed by atoms with van der Waals surface area (Å²) >= 11 is 1.43. The van der Waals surface area contributed by atoms with E-state index in [1.165, 1.54) is 23.3 Å². The third kappa shape index (κ3) is 4.60. The van der Waals surface area contributed by atoms with Crippen LogP contribution in [0.15, 0.2) is 5.38 Å². The first-order chi connectivity index (χ1) is 8.81. The number of amides is 1. The summed E-state index contributed by atoms with van der Waals surface area (Å²) in [5, 5.41) is 11.2. The minimum Gasteiger partial charge on any atom is -0.480 e. The van der Waals surface area contributed by atoms with E-state index in [0.717, 1.165) is 5.01 Å². The molecule has 1 unspecified atom stereocenters. The van der Waals surface area contributed by atoms with Gasteiger partial charge in [-0.2, -0.15) is 0 Å². The van der Waals surface area contributed by atoms with Crippen LogP contribution in [0.2, 0.25) is 0 Å². The van der Waals surface area contributed by atoms with Crippen molar-refractivity contribution in [1.29, 1.82) is 0 Å². The molecule has 0 saturated carbocycles. The maximum Gasteiger partial charge on any atom is 0.323 e. The quantitative estimate of drug-likeness (QED) is 0.809. The topological polar surface area (TPSA) is 96.5 Å². The van der Waals surface area contributed by atoms with E-state index in [1.54, 1.807) is 5.38 Å². The highest BCUT2D eigenvalue weighted by molar-refractivity contribution is 7.09. The van der Waals surface area contributed by atoms with E-state index < -0.39 is 5.97 Å². The Morgan fingerprint density at radius 3 is 2.68 bits per heavy atom. The molecule has 1 heterocycles. The van der Waals surface area contributed by atoms with E-state index in [2.05, 4.69) is 4.98 Å². The van der Waals surface area contributed by atoms with Crippen molar-refractivity contribution in [2.24, 2.45) is 11.7 Å². The molecule has 19 heavy (non-hydrogen) atoms. The number of hydrogen-bond donors (Lipinski definition) is 2. The maximum atomic E-state index is 11.8. The smallest absolute Gasteiger partial charge is 0.323 e.